The zero-order valence-electron chi connectivity index (χ0n) is 9.97. The number of rotatable bonds is 4. The van der Waals surface area contributed by atoms with Gasteiger partial charge in [-0.2, -0.15) is 0 Å². The number of amides is 1. The third kappa shape index (κ3) is 3.05. The third-order valence-electron chi connectivity index (χ3n) is 2.53. The van der Waals surface area contributed by atoms with Crippen molar-refractivity contribution in [2.24, 2.45) is 0 Å². The van der Waals surface area contributed by atoms with Crippen LogP contribution in [0.3, 0.4) is 0 Å². The minimum absolute atomic E-state index is 0.0276. The summed E-state index contributed by atoms with van der Waals surface area (Å²) in [5, 5.41) is 4.45. The summed E-state index contributed by atoms with van der Waals surface area (Å²) in [5.41, 5.74) is 1.72. The lowest BCUT2D eigenvalue weighted by Gasteiger charge is -2.03. The van der Waals surface area contributed by atoms with Crippen LogP contribution in [0, 0.1) is 6.92 Å². The molecule has 4 heteroatoms. The van der Waals surface area contributed by atoms with Crippen molar-refractivity contribution in [2.75, 3.05) is 6.54 Å². The van der Waals surface area contributed by atoms with Crippen molar-refractivity contribution in [2.45, 2.75) is 6.92 Å². The summed E-state index contributed by atoms with van der Waals surface area (Å²) in [6, 6.07) is 10.9. The zero-order chi connectivity index (χ0) is 13.0. The van der Waals surface area contributed by atoms with E-state index in [1.165, 1.54) is 11.3 Å². The van der Waals surface area contributed by atoms with E-state index in [4.69, 9.17) is 0 Å². The van der Waals surface area contributed by atoms with Gasteiger partial charge in [0.05, 0.1) is 11.4 Å². The topological polar surface area (TPSA) is 46.2 Å². The number of thiophene rings is 1. The standard InChI is InChI=1S/C14H13NO2S/c1-10-4-6-11(7-5-10)12(16)9-15-14(17)13-3-2-8-18-13/h2-8H,9H2,1H3,(H,15,17). The summed E-state index contributed by atoms with van der Waals surface area (Å²) in [6.45, 7) is 1.99. The number of carbonyl (C=O) groups excluding carboxylic acids is 2. The Morgan fingerprint density at radius 1 is 1.17 bits per heavy atom. The molecule has 0 aliphatic carbocycles. The lowest BCUT2D eigenvalue weighted by atomic mass is 10.1. The summed E-state index contributed by atoms with van der Waals surface area (Å²) in [5.74, 6) is -0.287. The Morgan fingerprint density at radius 3 is 2.50 bits per heavy atom. The molecule has 0 aliphatic heterocycles. The van der Waals surface area contributed by atoms with E-state index in [9.17, 15) is 9.59 Å². The Morgan fingerprint density at radius 2 is 1.89 bits per heavy atom. The smallest absolute Gasteiger partial charge is 0.261 e. The molecular formula is C14H13NO2S. The van der Waals surface area contributed by atoms with Crippen LogP contribution in [0.25, 0.3) is 0 Å². The van der Waals surface area contributed by atoms with Crippen molar-refractivity contribution >= 4 is 23.0 Å². The number of aryl methyl sites for hydroxylation is 1. The van der Waals surface area contributed by atoms with Gasteiger partial charge in [-0.05, 0) is 18.4 Å². The molecular weight excluding hydrogens is 246 g/mol. The third-order valence-corrected chi connectivity index (χ3v) is 3.40. The van der Waals surface area contributed by atoms with E-state index in [1.54, 1.807) is 24.3 Å². The minimum Gasteiger partial charge on any atom is -0.344 e. The highest BCUT2D eigenvalue weighted by Crippen LogP contribution is 2.08. The second-order valence-electron chi connectivity index (χ2n) is 3.95. The maximum Gasteiger partial charge on any atom is 0.261 e. The van der Waals surface area contributed by atoms with Crippen LogP contribution in [0.5, 0.6) is 0 Å². The molecule has 0 bridgehead atoms. The minimum atomic E-state index is -0.203. The second-order valence-corrected chi connectivity index (χ2v) is 4.90. The Balaban J connectivity index is 1.92. The number of nitrogens with one attached hydrogen (secondary N) is 1. The maximum atomic E-state index is 11.8. The average molecular weight is 259 g/mol. The maximum absolute atomic E-state index is 11.8. The van der Waals surface area contributed by atoms with E-state index in [2.05, 4.69) is 5.32 Å². The van der Waals surface area contributed by atoms with Crippen molar-refractivity contribution in [1.29, 1.82) is 0 Å². The molecule has 0 saturated heterocycles. The van der Waals surface area contributed by atoms with Gasteiger partial charge in [0, 0.05) is 5.56 Å². The van der Waals surface area contributed by atoms with E-state index in [-0.39, 0.29) is 18.2 Å². The first-order valence-electron chi connectivity index (χ1n) is 5.58. The van der Waals surface area contributed by atoms with Gasteiger partial charge in [0.2, 0.25) is 0 Å². The molecule has 1 aromatic carbocycles. The highest BCUT2D eigenvalue weighted by atomic mass is 32.1. The molecule has 2 aromatic rings. The Kier molecular flexibility index (Phi) is 3.89. The fourth-order valence-electron chi connectivity index (χ4n) is 1.50. The average Bonchev–Trinajstić information content (AvgIpc) is 2.90. The molecule has 0 fully saturated rings. The van der Waals surface area contributed by atoms with Gasteiger partial charge in [0.25, 0.3) is 5.91 Å². The number of hydrogen-bond acceptors (Lipinski definition) is 3. The Labute approximate surface area is 109 Å². The van der Waals surface area contributed by atoms with Crippen LogP contribution in [-0.2, 0) is 0 Å². The fraction of sp³-hybridized carbons (Fsp3) is 0.143. The number of benzene rings is 1. The summed E-state index contributed by atoms with van der Waals surface area (Å²) in [6.07, 6.45) is 0. The van der Waals surface area contributed by atoms with Crippen LogP contribution in [0.1, 0.15) is 25.6 Å². The Hall–Kier alpha value is -1.94. The van der Waals surface area contributed by atoms with Crippen LogP contribution in [0.2, 0.25) is 0 Å². The highest BCUT2D eigenvalue weighted by Gasteiger charge is 2.09. The highest BCUT2D eigenvalue weighted by molar-refractivity contribution is 7.12. The normalized spacial score (nSPS) is 10.1. The molecule has 18 heavy (non-hydrogen) atoms. The molecule has 0 aliphatic rings. The number of carbonyl (C=O) groups is 2. The molecule has 0 unspecified atom stereocenters. The lowest BCUT2D eigenvalue weighted by molar-refractivity contribution is 0.0906. The fourth-order valence-corrected chi connectivity index (χ4v) is 2.14. The van der Waals surface area contributed by atoms with Gasteiger partial charge in [-0.25, -0.2) is 0 Å². The van der Waals surface area contributed by atoms with Gasteiger partial charge in [0.1, 0.15) is 0 Å². The number of ketones is 1. The first-order chi connectivity index (χ1) is 8.66. The molecule has 1 amide bonds. The second kappa shape index (κ2) is 5.60. The van der Waals surface area contributed by atoms with Crippen LogP contribution in [0.4, 0.5) is 0 Å². The van der Waals surface area contributed by atoms with E-state index in [1.807, 2.05) is 24.4 Å². The van der Waals surface area contributed by atoms with Crippen molar-refractivity contribution in [3.8, 4) is 0 Å². The van der Waals surface area contributed by atoms with E-state index < -0.39 is 0 Å². The predicted octanol–water partition coefficient (Wildman–Crippen LogP) is 2.67. The SMILES string of the molecule is Cc1ccc(C(=O)CNC(=O)c2cccs2)cc1. The van der Waals surface area contributed by atoms with Crippen molar-refractivity contribution in [1.82, 2.24) is 5.32 Å². The van der Waals surface area contributed by atoms with E-state index in [0.29, 0.717) is 10.4 Å². The van der Waals surface area contributed by atoms with E-state index >= 15 is 0 Å². The molecule has 1 aromatic heterocycles. The van der Waals surface area contributed by atoms with Gasteiger partial charge in [-0.3, -0.25) is 9.59 Å². The largest absolute Gasteiger partial charge is 0.344 e. The predicted molar refractivity (Wildman–Crippen MR) is 72.2 cm³/mol. The first kappa shape index (κ1) is 12.5. The summed E-state index contributed by atoms with van der Waals surface area (Å²) in [4.78, 5) is 24.1. The molecule has 0 saturated carbocycles. The first-order valence-corrected chi connectivity index (χ1v) is 6.46. The summed E-state index contributed by atoms with van der Waals surface area (Å²) >= 11 is 1.36. The quantitative estimate of drug-likeness (QED) is 0.858. The number of hydrogen-bond donors (Lipinski definition) is 1. The summed E-state index contributed by atoms with van der Waals surface area (Å²) in [7, 11) is 0. The molecule has 1 heterocycles. The van der Waals surface area contributed by atoms with Gasteiger partial charge in [0.15, 0.2) is 5.78 Å². The molecule has 3 nitrogen and oxygen atoms in total. The molecule has 0 atom stereocenters. The van der Waals surface area contributed by atoms with Gasteiger partial charge in [-0.1, -0.05) is 35.9 Å². The zero-order valence-corrected chi connectivity index (χ0v) is 10.8. The van der Waals surface area contributed by atoms with Gasteiger partial charge >= 0.3 is 0 Å². The monoisotopic (exact) mass is 259 g/mol. The van der Waals surface area contributed by atoms with E-state index in [0.717, 1.165) is 5.56 Å². The van der Waals surface area contributed by atoms with Crippen LogP contribution < -0.4 is 5.32 Å². The van der Waals surface area contributed by atoms with Gasteiger partial charge < -0.3 is 5.32 Å². The van der Waals surface area contributed by atoms with Crippen LogP contribution in [0.15, 0.2) is 41.8 Å². The number of Topliss-reactive ketones (excluding diaryl/α,β-unsaturated/α-hetero) is 1. The molecule has 0 spiro atoms. The molecule has 92 valence electrons. The molecule has 0 radical (unpaired) electrons. The van der Waals surface area contributed by atoms with Crippen LogP contribution in [-0.4, -0.2) is 18.2 Å². The Bertz CT molecular complexity index is 544. The lowest BCUT2D eigenvalue weighted by Crippen LogP contribution is -2.28. The molecule has 2 rings (SSSR count). The molecule has 1 N–H and O–H groups in total. The van der Waals surface area contributed by atoms with Crippen LogP contribution >= 0.6 is 11.3 Å². The van der Waals surface area contributed by atoms with Gasteiger partial charge in [-0.15, -0.1) is 11.3 Å². The van der Waals surface area contributed by atoms with Crippen molar-refractivity contribution in [3.63, 3.8) is 0 Å². The summed E-state index contributed by atoms with van der Waals surface area (Å²) < 4.78 is 0. The van der Waals surface area contributed by atoms with Crippen molar-refractivity contribution in [3.05, 3.63) is 57.8 Å². The van der Waals surface area contributed by atoms with Crippen molar-refractivity contribution < 1.29 is 9.59 Å².